The highest BCUT2D eigenvalue weighted by atomic mass is 35.5. The van der Waals surface area contributed by atoms with Crippen molar-refractivity contribution in [2.24, 2.45) is 0 Å². The van der Waals surface area contributed by atoms with E-state index in [0.29, 0.717) is 6.04 Å². The Hall–Kier alpha value is -0.990. The van der Waals surface area contributed by atoms with Crippen LogP contribution in [0.3, 0.4) is 0 Å². The van der Waals surface area contributed by atoms with Crippen LogP contribution >= 0.6 is 11.6 Å². The van der Waals surface area contributed by atoms with E-state index in [0.717, 1.165) is 11.6 Å². The van der Waals surface area contributed by atoms with Gasteiger partial charge in [0.25, 0.3) is 0 Å². The van der Waals surface area contributed by atoms with Crippen molar-refractivity contribution in [3.63, 3.8) is 0 Å². The summed E-state index contributed by atoms with van der Waals surface area (Å²) in [5.41, 5.74) is 4.47. The highest BCUT2D eigenvalue weighted by Crippen LogP contribution is 2.39. The summed E-state index contributed by atoms with van der Waals surface area (Å²) in [4.78, 5) is 1.76. The van der Waals surface area contributed by atoms with Crippen molar-refractivity contribution in [3.8, 4) is 0 Å². The number of nitrogens with zero attached hydrogens (tertiary/aromatic N) is 1. The Morgan fingerprint density at radius 1 is 1.42 bits per heavy atom. The van der Waals surface area contributed by atoms with Crippen LogP contribution in [0.2, 0.25) is 5.02 Å². The number of quaternary nitrogens is 1. The molecule has 0 saturated heterocycles. The number of aryl methyl sites for hydroxylation is 1. The molecule has 1 N–H and O–H groups in total. The first kappa shape index (κ1) is 11.8. The number of halogens is 1. The molecule has 1 aromatic carbocycles. The average Bonchev–Trinajstić information content (AvgIpc) is 2.77. The van der Waals surface area contributed by atoms with Crippen LogP contribution in [-0.4, -0.2) is 17.7 Å². The van der Waals surface area contributed by atoms with E-state index in [9.17, 15) is 0 Å². The normalized spacial score (nSPS) is 25.6. The Labute approximate surface area is 119 Å². The largest absolute Gasteiger partial charge is 0.332 e. The molecule has 0 amide bonds. The molecule has 3 heteroatoms. The third-order valence-corrected chi connectivity index (χ3v) is 5.34. The van der Waals surface area contributed by atoms with Crippen molar-refractivity contribution in [1.29, 1.82) is 0 Å². The van der Waals surface area contributed by atoms with Gasteiger partial charge in [-0.2, -0.15) is 0 Å². The van der Waals surface area contributed by atoms with Gasteiger partial charge in [-0.15, -0.1) is 0 Å². The number of benzene rings is 1. The molecule has 2 aromatic rings. The van der Waals surface area contributed by atoms with Gasteiger partial charge in [-0.25, -0.2) is 0 Å². The van der Waals surface area contributed by atoms with E-state index in [-0.39, 0.29) is 0 Å². The molecule has 1 aromatic heterocycles. The molecule has 0 saturated carbocycles. The highest BCUT2D eigenvalue weighted by Gasteiger charge is 2.37. The average molecular weight is 276 g/mol. The van der Waals surface area contributed by atoms with Gasteiger partial charge >= 0.3 is 0 Å². The fourth-order valence-electron chi connectivity index (χ4n) is 4.22. The van der Waals surface area contributed by atoms with Crippen LogP contribution in [0.1, 0.15) is 37.1 Å². The topological polar surface area (TPSA) is 9.37 Å². The zero-order valence-corrected chi connectivity index (χ0v) is 12.1. The zero-order chi connectivity index (χ0) is 13.0. The minimum absolute atomic E-state index is 0.700. The second-order valence-corrected chi connectivity index (χ2v) is 6.27. The van der Waals surface area contributed by atoms with E-state index in [1.807, 2.05) is 6.07 Å². The first-order chi connectivity index (χ1) is 9.31. The maximum Gasteiger partial charge on any atom is 0.129 e. The highest BCUT2D eigenvalue weighted by molar-refractivity contribution is 6.35. The van der Waals surface area contributed by atoms with Crippen molar-refractivity contribution in [2.75, 3.05) is 13.1 Å². The third kappa shape index (κ3) is 1.53. The fourth-order valence-corrected chi connectivity index (χ4v) is 4.49. The summed E-state index contributed by atoms with van der Waals surface area (Å²) in [6.07, 6.45) is 3.89. The third-order valence-electron chi connectivity index (χ3n) is 5.03. The Bertz CT molecular complexity index is 644. The number of hydrogen-bond donors (Lipinski definition) is 1. The van der Waals surface area contributed by atoms with Gasteiger partial charge in [0.05, 0.1) is 35.9 Å². The van der Waals surface area contributed by atoms with E-state index in [1.165, 1.54) is 43.3 Å². The summed E-state index contributed by atoms with van der Waals surface area (Å²) >= 11 is 6.48. The standard InChI is InChI=1S/C16H19ClN2/c1-2-18-9-10-19-15-11(5-3-7-13(15)17)12-6-4-8-14(18)16(12)19/h3,5,7,14H,2,4,6,8-10H2,1H3/p+1/t14-/m1/s1. The van der Waals surface area contributed by atoms with Gasteiger partial charge in [0.1, 0.15) is 6.04 Å². The minimum atomic E-state index is 0.700. The fraction of sp³-hybridized carbons (Fsp3) is 0.500. The van der Waals surface area contributed by atoms with Gasteiger partial charge in [-0.05, 0) is 31.4 Å². The molecule has 4 rings (SSSR count). The lowest BCUT2D eigenvalue weighted by Gasteiger charge is -2.36. The maximum atomic E-state index is 6.48. The number of rotatable bonds is 1. The van der Waals surface area contributed by atoms with Gasteiger partial charge in [-0.1, -0.05) is 23.7 Å². The van der Waals surface area contributed by atoms with E-state index in [4.69, 9.17) is 11.6 Å². The van der Waals surface area contributed by atoms with Gasteiger partial charge in [-0.3, -0.25) is 0 Å². The molecule has 0 spiro atoms. The number of nitrogens with one attached hydrogen (secondary N) is 1. The first-order valence-corrected chi connectivity index (χ1v) is 7.83. The van der Waals surface area contributed by atoms with Crippen LogP contribution in [0, 0.1) is 0 Å². The van der Waals surface area contributed by atoms with Crippen LogP contribution in [0.4, 0.5) is 0 Å². The molecule has 1 unspecified atom stereocenters. The number of hydrogen-bond acceptors (Lipinski definition) is 0. The molecule has 19 heavy (non-hydrogen) atoms. The van der Waals surface area contributed by atoms with Crippen LogP contribution in [0.15, 0.2) is 18.2 Å². The van der Waals surface area contributed by atoms with E-state index >= 15 is 0 Å². The number of aromatic nitrogens is 1. The smallest absolute Gasteiger partial charge is 0.129 e. The van der Waals surface area contributed by atoms with Crippen LogP contribution < -0.4 is 4.90 Å². The molecule has 1 aliphatic heterocycles. The first-order valence-electron chi connectivity index (χ1n) is 7.45. The monoisotopic (exact) mass is 275 g/mol. The SMILES string of the molecule is CC[NH+]1CCn2c3c(c4cccc(Cl)c42)CCC[C@H]31. The minimum Gasteiger partial charge on any atom is -0.332 e. The van der Waals surface area contributed by atoms with Gasteiger partial charge in [0.15, 0.2) is 0 Å². The van der Waals surface area contributed by atoms with Gasteiger partial charge in [0.2, 0.25) is 0 Å². The van der Waals surface area contributed by atoms with Gasteiger partial charge in [0, 0.05) is 11.8 Å². The Kier molecular flexibility index (Phi) is 2.64. The van der Waals surface area contributed by atoms with Crippen molar-refractivity contribution < 1.29 is 4.90 Å². The Morgan fingerprint density at radius 2 is 2.32 bits per heavy atom. The van der Waals surface area contributed by atoms with E-state index in [2.05, 4.69) is 23.6 Å². The molecule has 2 nitrogen and oxygen atoms in total. The summed E-state index contributed by atoms with van der Waals surface area (Å²) in [6, 6.07) is 7.09. The molecule has 1 aliphatic carbocycles. The maximum absolute atomic E-state index is 6.48. The molecule has 2 atom stereocenters. The quantitative estimate of drug-likeness (QED) is 0.820. The van der Waals surface area contributed by atoms with Crippen LogP contribution in [-0.2, 0) is 13.0 Å². The zero-order valence-electron chi connectivity index (χ0n) is 11.4. The summed E-state index contributed by atoms with van der Waals surface area (Å²) < 4.78 is 2.52. The Balaban J connectivity index is 2.05. The molecule has 0 radical (unpaired) electrons. The molecular formula is C16H20ClN2+. The number of fused-ring (bicyclic) bond motifs is 3. The molecule has 0 fully saturated rings. The molecule has 0 bridgehead atoms. The second kappa shape index (κ2) is 4.26. The second-order valence-electron chi connectivity index (χ2n) is 5.86. The van der Waals surface area contributed by atoms with E-state index < -0.39 is 0 Å². The van der Waals surface area contributed by atoms with Crippen molar-refractivity contribution in [1.82, 2.24) is 4.57 Å². The van der Waals surface area contributed by atoms with Gasteiger partial charge < -0.3 is 9.47 Å². The predicted octanol–water partition coefficient (Wildman–Crippen LogP) is 2.59. The lowest BCUT2D eigenvalue weighted by atomic mass is 9.90. The number of para-hydroxylation sites is 1. The molecule has 2 heterocycles. The van der Waals surface area contributed by atoms with Crippen molar-refractivity contribution in [3.05, 3.63) is 34.5 Å². The Morgan fingerprint density at radius 3 is 3.16 bits per heavy atom. The lowest BCUT2D eigenvalue weighted by molar-refractivity contribution is -0.935. The summed E-state index contributed by atoms with van der Waals surface area (Å²) in [5, 5.41) is 2.33. The van der Waals surface area contributed by atoms with Crippen molar-refractivity contribution in [2.45, 2.75) is 38.8 Å². The van der Waals surface area contributed by atoms with Crippen LogP contribution in [0.25, 0.3) is 10.9 Å². The number of likely N-dealkylation sites (N-methyl/N-ethyl adjacent to an activating group) is 1. The van der Waals surface area contributed by atoms with Crippen molar-refractivity contribution >= 4 is 22.5 Å². The molecular weight excluding hydrogens is 256 g/mol. The summed E-state index contributed by atoms with van der Waals surface area (Å²) in [5.74, 6) is 0. The molecule has 100 valence electrons. The van der Waals surface area contributed by atoms with E-state index in [1.54, 1.807) is 16.2 Å². The molecule has 2 aliphatic rings. The predicted molar refractivity (Wildman–Crippen MR) is 79.0 cm³/mol. The lowest BCUT2D eigenvalue weighted by Crippen LogP contribution is -3.13. The summed E-state index contributed by atoms with van der Waals surface area (Å²) in [6.45, 7) is 5.91. The summed E-state index contributed by atoms with van der Waals surface area (Å²) in [7, 11) is 0. The van der Waals surface area contributed by atoms with Crippen LogP contribution in [0.5, 0.6) is 0 Å².